The summed E-state index contributed by atoms with van der Waals surface area (Å²) in [5.41, 5.74) is 0.0972. The van der Waals surface area contributed by atoms with Crippen LogP contribution in [0.1, 0.15) is 13.8 Å². The second-order valence-electron chi connectivity index (χ2n) is 2.40. The molecule has 0 spiro atoms. The molecule has 0 saturated carbocycles. The SMILES string of the molecule is CC1(C)CN=C[N]1. The molecule has 0 saturated heterocycles. The van der Waals surface area contributed by atoms with Crippen LogP contribution in [0.15, 0.2) is 4.99 Å². The van der Waals surface area contributed by atoms with E-state index >= 15 is 0 Å². The van der Waals surface area contributed by atoms with Crippen LogP contribution in [0.4, 0.5) is 0 Å². The van der Waals surface area contributed by atoms with E-state index in [2.05, 4.69) is 24.2 Å². The van der Waals surface area contributed by atoms with Crippen LogP contribution >= 0.6 is 0 Å². The van der Waals surface area contributed by atoms with Gasteiger partial charge in [-0.05, 0) is 13.8 Å². The predicted molar refractivity (Wildman–Crippen MR) is 29.6 cm³/mol. The standard InChI is InChI=1S/C5H9N2/c1-5(2)3-6-4-7-5/h4H,3H2,1-2H3. The topological polar surface area (TPSA) is 26.5 Å². The summed E-state index contributed by atoms with van der Waals surface area (Å²) < 4.78 is 0. The molecule has 1 aliphatic heterocycles. The van der Waals surface area contributed by atoms with Gasteiger partial charge in [-0.1, -0.05) is 0 Å². The first-order chi connectivity index (χ1) is 3.21. The van der Waals surface area contributed by atoms with Crippen LogP contribution in [0.2, 0.25) is 0 Å². The molecule has 0 N–H and O–H groups in total. The maximum absolute atomic E-state index is 4.08. The van der Waals surface area contributed by atoms with Gasteiger partial charge in [0, 0.05) is 0 Å². The Kier molecular flexibility index (Phi) is 0.805. The van der Waals surface area contributed by atoms with Crippen molar-refractivity contribution in [2.75, 3.05) is 6.54 Å². The molecule has 7 heavy (non-hydrogen) atoms. The fourth-order valence-corrected chi connectivity index (χ4v) is 0.502. The van der Waals surface area contributed by atoms with Crippen molar-refractivity contribution in [2.45, 2.75) is 19.4 Å². The Balaban J connectivity index is 2.49. The molecule has 0 bridgehead atoms. The minimum absolute atomic E-state index is 0.0972. The summed E-state index contributed by atoms with van der Waals surface area (Å²) in [6.07, 6.45) is 1.64. The average molecular weight is 97.1 g/mol. The molecule has 1 heterocycles. The highest BCUT2D eigenvalue weighted by atomic mass is 15.1. The molecule has 0 amide bonds. The molecule has 1 rings (SSSR count). The molecular weight excluding hydrogens is 88.1 g/mol. The highest BCUT2D eigenvalue weighted by Gasteiger charge is 2.19. The zero-order valence-corrected chi connectivity index (χ0v) is 4.68. The van der Waals surface area contributed by atoms with Crippen LogP contribution < -0.4 is 5.32 Å². The van der Waals surface area contributed by atoms with Crippen molar-refractivity contribution >= 4 is 6.34 Å². The number of hydrogen-bond acceptors (Lipinski definition) is 1. The number of aliphatic imine (C=N–C) groups is 1. The van der Waals surface area contributed by atoms with Crippen molar-refractivity contribution in [3.63, 3.8) is 0 Å². The third-order valence-corrected chi connectivity index (χ3v) is 0.967. The number of rotatable bonds is 0. The summed E-state index contributed by atoms with van der Waals surface area (Å²) >= 11 is 0. The molecule has 0 aromatic carbocycles. The molecule has 1 radical (unpaired) electrons. The first-order valence-corrected chi connectivity index (χ1v) is 2.41. The first-order valence-electron chi connectivity index (χ1n) is 2.41. The van der Waals surface area contributed by atoms with Crippen LogP contribution in [-0.2, 0) is 0 Å². The highest BCUT2D eigenvalue weighted by Crippen LogP contribution is 2.06. The predicted octanol–water partition coefficient (Wildman–Crippen LogP) is 0.411. The van der Waals surface area contributed by atoms with E-state index in [1.54, 1.807) is 6.34 Å². The van der Waals surface area contributed by atoms with Gasteiger partial charge in [-0.2, -0.15) is 0 Å². The van der Waals surface area contributed by atoms with E-state index in [9.17, 15) is 0 Å². The zero-order valence-electron chi connectivity index (χ0n) is 4.68. The van der Waals surface area contributed by atoms with Crippen molar-refractivity contribution in [3.8, 4) is 0 Å². The largest absolute Gasteiger partial charge is 0.271 e. The van der Waals surface area contributed by atoms with Crippen LogP contribution in [0.5, 0.6) is 0 Å². The molecule has 2 nitrogen and oxygen atoms in total. The highest BCUT2D eigenvalue weighted by molar-refractivity contribution is 5.57. The van der Waals surface area contributed by atoms with E-state index in [0.717, 1.165) is 6.54 Å². The quantitative estimate of drug-likeness (QED) is 0.418. The molecule has 0 aromatic heterocycles. The minimum atomic E-state index is 0.0972. The Morgan fingerprint density at radius 3 is 2.43 bits per heavy atom. The molecule has 0 unspecified atom stereocenters. The third kappa shape index (κ3) is 0.918. The lowest BCUT2D eigenvalue weighted by Gasteiger charge is -2.11. The van der Waals surface area contributed by atoms with Crippen LogP contribution in [0.25, 0.3) is 0 Å². The van der Waals surface area contributed by atoms with Gasteiger partial charge in [-0.15, -0.1) is 0 Å². The fourth-order valence-electron chi connectivity index (χ4n) is 0.502. The number of nitrogens with zero attached hydrogens (tertiary/aromatic N) is 2. The summed E-state index contributed by atoms with van der Waals surface area (Å²) in [4.78, 5) is 3.94. The Morgan fingerprint density at radius 1 is 1.57 bits per heavy atom. The van der Waals surface area contributed by atoms with Gasteiger partial charge in [0.1, 0.15) is 6.34 Å². The van der Waals surface area contributed by atoms with E-state index in [1.165, 1.54) is 0 Å². The van der Waals surface area contributed by atoms with Crippen LogP contribution in [0, 0.1) is 0 Å². The Morgan fingerprint density at radius 2 is 2.29 bits per heavy atom. The van der Waals surface area contributed by atoms with Gasteiger partial charge in [-0.3, -0.25) is 10.3 Å². The Bertz CT molecular complexity index is 84.3. The summed E-state index contributed by atoms with van der Waals surface area (Å²) in [6.45, 7) is 4.99. The van der Waals surface area contributed by atoms with Gasteiger partial charge < -0.3 is 0 Å². The lowest BCUT2D eigenvalue weighted by atomic mass is 10.1. The van der Waals surface area contributed by atoms with E-state index in [4.69, 9.17) is 0 Å². The molecule has 0 fully saturated rings. The van der Waals surface area contributed by atoms with Gasteiger partial charge in [0.15, 0.2) is 0 Å². The second-order valence-corrected chi connectivity index (χ2v) is 2.40. The van der Waals surface area contributed by atoms with E-state index in [-0.39, 0.29) is 5.54 Å². The monoisotopic (exact) mass is 97.1 g/mol. The minimum Gasteiger partial charge on any atom is -0.271 e. The lowest BCUT2D eigenvalue weighted by molar-refractivity contribution is 0.501. The normalized spacial score (nSPS) is 24.9. The maximum Gasteiger partial charge on any atom is 0.105 e. The van der Waals surface area contributed by atoms with E-state index in [0.29, 0.717) is 0 Å². The molecule has 0 aromatic rings. The van der Waals surface area contributed by atoms with Gasteiger partial charge >= 0.3 is 0 Å². The molecule has 39 valence electrons. The zero-order chi connectivity index (χ0) is 5.33. The Labute approximate surface area is 43.6 Å². The fraction of sp³-hybridized carbons (Fsp3) is 0.800. The summed E-state index contributed by atoms with van der Waals surface area (Å²) in [6, 6.07) is 0. The van der Waals surface area contributed by atoms with Crippen molar-refractivity contribution < 1.29 is 0 Å². The third-order valence-electron chi connectivity index (χ3n) is 0.967. The van der Waals surface area contributed by atoms with Crippen molar-refractivity contribution in [1.29, 1.82) is 0 Å². The maximum atomic E-state index is 4.08. The number of hydrogen-bond donors (Lipinski definition) is 0. The molecule has 1 aliphatic rings. The van der Waals surface area contributed by atoms with Crippen LogP contribution in [-0.4, -0.2) is 18.4 Å². The lowest BCUT2D eigenvalue weighted by Crippen LogP contribution is -2.29. The van der Waals surface area contributed by atoms with Crippen molar-refractivity contribution in [2.24, 2.45) is 4.99 Å². The van der Waals surface area contributed by atoms with Crippen molar-refractivity contribution in [3.05, 3.63) is 0 Å². The smallest absolute Gasteiger partial charge is 0.105 e. The summed E-state index contributed by atoms with van der Waals surface area (Å²) in [5, 5.41) is 4.08. The summed E-state index contributed by atoms with van der Waals surface area (Å²) in [5.74, 6) is 0. The van der Waals surface area contributed by atoms with Crippen molar-refractivity contribution in [1.82, 2.24) is 5.32 Å². The van der Waals surface area contributed by atoms with Crippen LogP contribution in [0.3, 0.4) is 0 Å². The van der Waals surface area contributed by atoms with Gasteiger partial charge in [-0.25, -0.2) is 0 Å². The van der Waals surface area contributed by atoms with Gasteiger partial charge in [0.25, 0.3) is 0 Å². The molecule has 0 aliphatic carbocycles. The Hall–Kier alpha value is -0.530. The average Bonchev–Trinajstić information content (AvgIpc) is 1.84. The first kappa shape index (κ1) is 4.62. The molecular formula is C5H9N2. The van der Waals surface area contributed by atoms with E-state index in [1.807, 2.05) is 0 Å². The second kappa shape index (κ2) is 1.22. The molecule has 0 atom stereocenters. The van der Waals surface area contributed by atoms with E-state index < -0.39 is 0 Å². The summed E-state index contributed by atoms with van der Waals surface area (Å²) in [7, 11) is 0. The molecule has 2 heteroatoms. The van der Waals surface area contributed by atoms with Gasteiger partial charge in [0.2, 0.25) is 0 Å². The van der Waals surface area contributed by atoms with Gasteiger partial charge in [0.05, 0.1) is 12.1 Å².